The third kappa shape index (κ3) is 4.56. The number of nitro groups is 1. The summed E-state index contributed by atoms with van der Waals surface area (Å²) in [4.78, 5) is 32.6. The lowest BCUT2D eigenvalue weighted by Gasteiger charge is -2.19. The van der Waals surface area contributed by atoms with E-state index in [1.54, 1.807) is 45.2 Å². The van der Waals surface area contributed by atoms with Gasteiger partial charge in [-0.1, -0.05) is 24.3 Å². The Kier molecular flexibility index (Phi) is 5.56. The van der Waals surface area contributed by atoms with E-state index >= 15 is 0 Å². The Balaban J connectivity index is 1.53. The summed E-state index contributed by atoms with van der Waals surface area (Å²) in [6.45, 7) is 5.39. The van der Waals surface area contributed by atoms with E-state index < -0.39 is 16.6 Å². The Labute approximate surface area is 205 Å². The molecule has 10 heteroatoms. The van der Waals surface area contributed by atoms with Crippen molar-refractivity contribution in [2.45, 2.75) is 26.4 Å². The zero-order valence-corrected chi connectivity index (χ0v) is 19.8. The third-order valence-corrected chi connectivity index (χ3v) is 5.32. The van der Waals surface area contributed by atoms with E-state index in [-0.39, 0.29) is 5.69 Å². The first-order valence-corrected chi connectivity index (χ1v) is 11.2. The summed E-state index contributed by atoms with van der Waals surface area (Å²) in [5, 5.41) is 20.3. The summed E-state index contributed by atoms with van der Waals surface area (Å²) in [7, 11) is 0. The first-order valence-electron chi connectivity index (χ1n) is 11.2. The molecule has 0 unspecified atom stereocenters. The number of fused-ring (bicyclic) bond motifs is 2. The molecule has 180 valence electrons. The zero-order valence-electron chi connectivity index (χ0n) is 19.8. The Bertz CT molecular complexity index is 1640. The largest absolute Gasteiger partial charge is 0.442 e. The highest BCUT2D eigenvalue weighted by Gasteiger charge is 2.20. The van der Waals surface area contributed by atoms with Crippen molar-refractivity contribution in [2.24, 2.45) is 0 Å². The van der Waals surface area contributed by atoms with Crippen molar-refractivity contribution in [3.8, 4) is 11.4 Å². The SMILES string of the molecule is CC(C)(C)OC(=O)n1ncc2cc(Nc3nc(-c4cccc([N+](=O)[O-])c4)nc4ccccc34)ccc21. The minimum atomic E-state index is -0.637. The van der Waals surface area contributed by atoms with Crippen LogP contribution in [0, 0.1) is 10.1 Å². The quantitative estimate of drug-likeness (QED) is 0.241. The van der Waals surface area contributed by atoms with Crippen molar-refractivity contribution in [3.05, 3.63) is 83.0 Å². The molecule has 5 aromatic rings. The van der Waals surface area contributed by atoms with Gasteiger partial charge in [-0.3, -0.25) is 10.1 Å². The molecule has 3 aromatic carbocycles. The summed E-state index contributed by atoms with van der Waals surface area (Å²) in [5.41, 5.74) is 1.88. The molecule has 0 atom stereocenters. The van der Waals surface area contributed by atoms with Gasteiger partial charge in [0.15, 0.2) is 5.82 Å². The highest BCUT2D eigenvalue weighted by atomic mass is 16.6. The number of hydrogen-bond donors (Lipinski definition) is 1. The molecule has 0 saturated heterocycles. The Morgan fingerprint density at radius 2 is 1.83 bits per heavy atom. The maximum absolute atomic E-state index is 12.5. The molecule has 2 aromatic heterocycles. The minimum Gasteiger partial charge on any atom is -0.442 e. The van der Waals surface area contributed by atoms with Crippen molar-refractivity contribution >= 4 is 45.1 Å². The molecule has 1 N–H and O–H groups in total. The van der Waals surface area contributed by atoms with Crippen LogP contribution in [0.5, 0.6) is 0 Å². The Morgan fingerprint density at radius 3 is 2.61 bits per heavy atom. The molecule has 0 amide bonds. The van der Waals surface area contributed by atoms with Gasteiger partial charge in [-0.25, -0.2) is 14.8 Å². The van der Waals surface area contributed by atoms with Crippen molar-refractivity contribution in [2.75, 3.05) is 5.32 Å². The molecular weight excluding hydrogens is 460 g/mol. The van der Waals surface area contributed by atoms with Gasteiger partial charge in [0, 0.05) is 34.2 Å². The summed E-state index contributed by atoms with van der Waals surface area (Å²) < 4.78 is 6.66. The van der Waals surface area contributed by atoms with Crippen molar-refractivity contribution in [1.82, 2.24) is 19.7 Å². The van der Waals surface area contributed by atoms with Crippen LogP contribution in [0.15, 0.2) is 72.9 Å². The fraction of sp³-hybridized carbons (Fsp3) is 0.154. The van der Waals surface area contributed by atoms with Crippen molar-refractivity contribution in [1.29, 1.82) is 0 Å². The maximum atomic E-state index is 12.5. The summed E-state index contributed by atoms with van der Waals surface area (Å²) in [5.74, 6) is 0.903. The van der Waals surface area contributed by atoms with Crippen LogP contribution in [0.4, 0.5) is 22.0 Å². The van der Waals surface area contributed by atoms with E-state index in [1.807, 2.05) is 36.4 Å². The second-order valence-electron chi connectivity index (χ2n) is 9.16. The monoisotopic (exact) mass is 482 g/mol. The lowest BCUT2D eigenvalue weighted by molar-refractivity contribution is -0.384. The number of para-hydroxylation sites is 1. The summed E-state index contributed by atoms with van der Waals surface area (Å²) in [6.07, 6.45) is 1.04. The zero-order chi connectivity index (χ0) is 25.4. The fourth-order valence-corrected chi connectivity index (χ4v) is 3.76. The number of carbonyl (C=O) groups is 1. The van der Waals surface area contributed by atoms with Gasteiger partial charge in [0.2, 0.25) is 0 Å². The number of nitrogens with one attached hydrogen (secondary N) is 1. The normalized spacial score (nSPS) is 11.5. The van der Waals surface area contributed by atoms with Crippen LogP contribution in [-0.4, -0.2) is 36.4 Å². The van der Waals surface area contributed by atoms with Gasteiger partial charge in [0.1, 0.15) is 11.4 Å². The topological polar surface area (TPSA) is 125 Å². The van der Waals surface area contributed by atoms with Crippen molar-refractivity contribution < 1.29 is 14.5 Å². The van der Waals surface area contributed by atoms with E-state index in [4.69, 9.17) is 4.74 Å². The second-order valence-corrected chi connectivity index (χ2v) is 9.16. The molecule has 0 bridgehead atoms. The number of carbonyl (C=O) groups excluding carboxylic acids is 1. The van der Waals surface area contributed by atoms with E-state index in [9.17, 15) is 14.9 Å². The average molecular weight is 483 g/mol. The van der Waals surface area contributed by atoms with E-state index in [1.165, 1.54) is 16.8 Å². The molecule has 0 aliphatic heterocycles. The number of anilines is 2. The van der Waals surface area contributed by atoms with Gasteiger partial charge < -0.3 is 10.1 Å². The lowest BCUT2D eigenvalue weighted by Crippen LogP contribution is -2.27. The molecule has 0 aliphatic rings. The number of hydrogen-bond acceptors (Lipinski definition) is 8. The highest BCUT2D eigenvalue weighted by Crippen LogP contribution is 2.30. The standard InChI is InChI=1S/C26H22N6O4/c1-26(2,3)36-25(33)31-22-12-11-18(13-17(22)15-27-31)28-24-20-9-4-5-10-21(20)29-23(30-24)16-7-6-8-19(14-16)32(34)35/h4-15H,1-3H3,(H,28,29,30). The molecule has 36 heavy (non-hydrogen) atoms. The van der Waals surface area contributed by atoms with Gasteiger partial charge in [-0.15, -0.1) is 0 Å². The Hall–Kier alpha value is -4.86. The summed E-state index contributed by atoms with van der Waals surface area (Å²) >= 11 is 0. The van der Waals surface area contributed by atoms with Crippen LogP contribution in [0.1, 0.15) is 20.8 Å². The molecule has 10 nitrogen and oxygen atoms in total. The predicted octanol–water partition coefficient (Wildman–Crippen LogP) is 6.08. The lowest BCUT2D eigenvalue weighted by atomic mass is 10.1. The molecule has 2 heterocycles. The van der Waals surface area contributed by atoms with Gasteiger partial charge in [-0.2, -0.15) is 9.78 Å². The van der Waals surface area contributed by atoms with Crippen molar-refractivity contribution in [3.63, 3.8) is 0 Å². The van der Waals surface area contributed by atoms with E-state index in [2.05, 4.69) is 20.4 Å². The molecule has 0 aliphatic carbocycles. The number of nitrogens with zero attached hydrogens (tertiary/aromatic N) is 5. The molecule has 0 saturated carbocycles. The predicted molar refractivity (Wildman–Crippen MR) is 136 cm³/mol. The highest BCUT2D eigenvalue weighted by molar-refractivity contribution is 5.94. The third-order valence-electron chi connectivity index (χ3n) is 5.32. The number of benzene rings is 3. The van der Waals surface area contributed by atoms with Crippen LogP contribution >= 0.6 is 0 Å². The smallest absolute Gasteiger partial charge is 0.435 e. The van der Waals surface area contributed by atoms with Crippen LogP contribution < -0.4 is 5.32 Å². The van der Waals surface area contributed by atoms with Crippen LogP contribution in [0.25, 0.3) is 33.2 Å². The first-order chi connectivity index (χ1) is 17.2. The molecule has 0 fully saturated rings. The van der Waals surface area contributed by atoms with Gasteiger partial charge >= 0.3 is 6.09 Å². The number of non-ortho nitro benzene ring substituents is 1. The number of aromatic nitrogens is 4. The average Bonchev–Trinajstić information content (AvgIpc) is 3.26. The van der Waals surface area contributed by atoms with Gasteiger partial charge in [0.05, 0.1) is 22.2 Å². The number of rotatable bonds is 4. The molecular formula is C26H22N6O4. The number of ether oxygens (including phenoxy) is 1. The van der Waals surface area contributed by atoms with E-state index in [0.29, 0.717) is 28.2 Å². The van der Waals surface area contributed by atoms with Crippen LogP contribution in [0.2, 0.25) is 0 Å². The van der Waals surface area contributed by atoms with E-state index in [0.717, 1.165) is 16.5 Å². The van der Waals surface area contributed by atoms with Gasteiger partial charge in [0.25, 0.3) is 5.69 Å². The second kappa shape index (κ2) is 8.73. The minimum absolute atomic E-state index is 0.0359. The molecule has 5 rings (SSSR count). The molecule has 0 radical (unpaired) electrons. The fourth-order valence-electron chi connectivity index (χ4n) is 3.76. The van der Waals surface area contributed by atoms with Gasteiger partial charge in [-0.05, 0) is 51.1 Å². The maximum Gasteiger partial charge on any atom is 0.435 e. The number of nitro benzene ring substituents is 1. The first kappa shape index (κ1) is 22.9. The van der Waals surface area contributed by atoms with Crippen LogP contribution in [0.3, 0.4) is 0 Å². The van der Waals surface area contributed by atoms with Crippen LogP contribution in [-0.2, 0) is 4.74 Å². The molecule has 0 spiro atoms. The summed E-state index contributed by atoms with van der Waals surface area (Å²) in [6, 6.07) is 19.2. The Morgan fingerprint density at radius 1 is 1.03 bits per heavy atom.